The summed E-state index contributed by atoms with van der Waals surface area (Å²) >= 11 is 5.92. The van der Waals surface area contributed by atoms with Gasteiger partial charge in [0, 0.05) is 29.1 Å². The van der Waals surface area contributed by atoms with E-state index in [9.17, 15) is 9.59 Å². The fourth-order valence-corrected chi connectivity index (χ4v) is 4.02. The molecule has 158 valence electrons. The number of hydrogen-bond acceptors (Lipinski definition) is 3. The molecule has 1 aliphatic rings. The molecule has 0 aromatic heterocycles. The second-order valence-corrected chi connectivity index (χ2v) is 8.75. The molecule has 0 aliphatic carbocycles. The Bertz CT molecular complexity index is 1080. The molecule has 1 aliphatic heterocycles. The van der Waals surface area contributed by atoms with Crippen molar-refractivity contribution in [2.24, 2.45) is 5.92 Å². The number of halogens is 1. The van der Waals surface area contributed by atoms with E-state index in [4.69, 9.17) is 16.3 Å². The van der Waals surface area contributed by atoms with Gasteiger partial charge in [-0.1, -0.05) is 67.9 Å². The Kier molecular flexibility index (Phi) is 5.84. The van der Waals surface area contributed by atoms with E-state index in [1.54, 1.807) is 29.2 Å². The third-order valence-corrected chi connectivity index (χ3v) is 6.14. The van der Waals surface area contributed by atoms with E-state index in [0.717, 1.165) is 11.3 Å². The summed E-state index contributed by atoms with van der Waals surface area (Å²) in [5, 5.41) is 0.602. The van der Waals surface area contributed by atoms with E-state index in [0.29, 0.717) is 17.3 Å². The number of nitrogens with zero attached hydrogens (tertiary/aromatic N) is 1. The minimum absolute atomic E-state index is 0.0933. The molecule has 1 atom stereocenters. The highest BCUT2D eigenvalue weighted by Gasteiger charge is 2.36. The molecule has 0 unspecified atom stereocenters. The average Bonchev–Trinajstić information content (AvgIpc) is 3.17. The van der Waals surface area contributed by atoms with Gasteiger partial charge in [0.05, 0.1) is 5.92 Å². The molecule has 0 radical (unpaired) electrons. The zero-order valence-electron chi connectivity index (χ0n) is 17.5. The van der Waals surface area contributed by atoms with E-state index < -0.39 is 5.92 Å². The van der Waals surface area contributed by atoms with Gasteiger partial charge in [0.15, 0.2) is 0 Å². The molecule has 4 nitrogen and oxygen atoms in total. The second-order valence-electron chi connectivity index (χ2n) is 8.32. The van der Waals surface area contributed by atoms with Crippen LogP contribution in [-0.4, -0.2) is 18.4 Å². The number of ether oxygens (including phenoxy) is 1. The first-order valence-corrected chi connectivity index (χ1v) is 10.7. The van der Waals surface area contributed by atoms with Gasteiger partial charge in [-0.3, -0.25) is 9.59 Å². The number of rotatable bonds is 5. The number of esters is 1. The maximum absolute atomic E-state index is 12.7. The Balaban J connectivity index is 1.42. The SMILES string of the molecule is CC(C)(c1ccccc1)c1ccc(OC(=O)[C@H]2CC(=O)N(c3ccc(Cl)cc3)C2)cc1. The fourth-order valence-electron chi connectivity index (χ4n) is 3.90. The lowest BCUT2D eigenvalue weighted by atomic mass is 9.78. The van der Waals surface area contributed by atoms with Crippen LogP contribution in [0.2, 0.25) is 5.02 Å². The summed E-state index contributed by atoms with van der Waals surface area (Å²) in [6, 6.07) is 24.9. The lowest BCUT2D eigenvalue weighted by molar-refractivity contribution is -0.139. The first-order valence-electron chi connectivity index (χ1n) is 10.3. The molecule has 0 bridgehead atoms. The summed E-state index contributed by atoms with van der Waals surface area (Å²) in [6.07, 6.45) is 0.139. The summed E-state index contributed by atoms with van der Waals surface area (Å²) in [7, 11) is 0. The Morgan fingerprint density at radius 1 is 0.935 bits per heavy atom. The summed E-state index contributed by atoms with van der Waals surface area (Å²) in [5.74, 6) is -0.497. The monoisotopic (exact) mass is 433 g/mol. The zero-order chi connectivity index (χ0) is 22.0. The van der Waals surface area contributed by atoms with E-state index in [1.165, 1.54) is 5.56 Å². The van der Waals surface area contributed by atoms with Gasteiger partial charge in [0.2, 0.25) is 5.91 Å². The Labute approximate surface area is 187 Å². The van der Waals surface area contributed by atoms with Crippen LogP contribution < -0.4 is 9.64 Å². The molecule has 1 heterocycles. The standard InChI is InChI=1S/C26H24ClNO3/c1-26(2,19-6-4-3-5-7-19)20-8-14-23(15-9-20)31-25(30)18-16-24(29)28(17-18)22-12-10-21(27)11-13-22/h3-15,18H,16-17H2,1-2H3/t18-/m0/s1. The molecular formula is C26H24ClNO3. The number of anilines is 1. The quantitative estimate of drug-likeness (QED) is 0.387. The van der Waals surface area contributed by atoms with Crippen molar-refractivity contribution >= 4 is 29.2 Å². The zero-order valence-corrected chi connectivity index (χ0v) is 18.3. The minimum atomic E-state index is -0.497. The van der Waals surface area contributed by atoms with E-state index in [-0.39, 0.29) is 23.7 Å². The largest absolute Gasteiger partial charge is 0.426 e. The summed E-state index contributed by atoms with van der Waals surface area (Å²) in [5.41, 5.74) is 2.91. The van der Waals surface area contributed by atoms with Gasteiger partial charge >= 0.3 is 5.97 Å². The minimum Gasteiger partial charge on any atom is -0.426 e. The fraction of sp³-hybridized carbons (Fsp3) is 0.231. The molecular weight excluding hydrogens is 410 g/mol. The highest BCUT2D eigenvalue weighted by molar-refractivity contribution is 6.30. The summed E-state index contributed by atoms with van der Waals surface area (Å²) in [4.78, 5) is 26.7. The van der Waals surface area contributed by atoms with Gasteiger partial charge in [-0.2, -0.15) is 0 Å². The van der Waals surface area contributed by atoms with Crippen molar-refractivity contribution in [3.8, 4) is 5.75 Å². The van der Waals surface area contributed by atoms with E-state index >= 15 is 0 Å². The van der Waals surface area contributed by atoms with Crippen molar-refractivity contribution < 1.29 is 14.3 Å². The van der Waals surface area contributed by atoms with Crippen molar-refractivity contribution in [3.63, 3.8) is 0 Å². The molecule has 4 rings (SSSR count). The summed E-state index contributed by atoms with van der Waals surface area (Å²) < 4.78 is 5.58. The van der Waals surface area contributed by atoms with Gasteiger partial charge in [-0.25, -0.2) is 0 Å². The van der Waals surface area contributed by atoms with Crippen molar-refractivity contribution in [1.29, 1.82) is 0 Å². The van der Waals surface area contributed by atoms with Crippen molar-refractivity contribution in [2.45, 2.75) is 25.7 Å². The number of carbonyl (C=O) groups is 2. The van der Waals surface area contributed by atoms with E-state index in [1.807, 2.05) is 42.5 Å². The first kappa shape index (κ1) is 21.1. The highest BCUT2D eigenvalue weighted by Crippen LogP contribution is 2.33. The average molecular weight is 434 g/mol. The first-order chi connectivity index (χ1) is 14.8. The van der Waals surface area contributed by atoms with Crippen LogP contribution in [0.5, 0.6) is 5.75 Å². The predicted molar refractivity (Wildman–Crippen MR) is 123 cm³/mol. The smallest absolute Gasteiger partial charge is 0.316 e. The lowest BCUT2D eigenvalue weighted by Crippen LogP contribution is -2.27. The maximum Gasteiger partial charge on any atom is 0.316 e. The molecule has 31 heavy (non-hydrogen) atoms. The summed E-state index contributed by atoms with van der Waals surface area (Å²) in [6.45, 7) is 4.64. The maximum atomic E-state index is 12.7. The Hall–Kier alpha value is -3.11. The third-order valence-electron chi connectivity index (χ3n) is 5.89. The second kappa shape index (κ2) is 8.56. The number of benzene rings is 3. The van der Waals surface area contributed by atoms with Crippen LogP contribution in [0.1, 0.15) is 31.4 Å². The Morgan fingerprint density at radius 3 is 2.19 bits per heavy atom. The van der Waals surface area contributed by atoms with Crippen molar-refractivity contribution in [1.82, 2.24) is 0 Å². The third kappa shape index (κ3) is 4.49. The van der Waals surface area contributed by atoms with Crippen LogP contribution in [0.25, 0.3) is 0 Å². The normalized spacial score (nSPS) is 16.4. The number of carbonyl (C=O) groups excluding carboxylic acids is 2. The topological polar surface area (TPSA) is 46.6 Å². The molecule has 5 heteroatoms. The molecule has 3 aromatic carbocycles. The van der Waals surface area contributed by atoms with Gasteiger partial charge in [-0.05, 0) is 47.5 Å². The molecule has 1 saturated heterocycles. The van der Waals surface area contributed by atoms with E-state index in [2.05, 4.69) is 26.0 Å². The van der Waals surface area contributed by atoms with Gasteiger partial charge < -0.3 is 9.64 Å². The van der Waals surface area contributed by atoms with Gasteiger partial charge in [0.1, 0.15) is 5.75 Å². The van der Waals surface area contributed by atoms with Gasteiger partial charge in [0.25, 0.3) is 0 Å². The predicted octanol–water partition coefficient (Wildman–Crippen LogP) is 5.62. The van der Waals surface area contributed by atoms with Crippen molar-refractivity contribution in [3.05, 3.63) is 95.0 Å². The molecule has 0 N–H and O–H groups in total. The number of amides is 1. The molecule has 0 saturated carbocycles. The lowest BCUT2D eigenvalue weighted by Gasteiger charge is -2.26. The molecule has 3 aromatic rings. The highest BCUT2D eigenvalue weighted by atomic mass is 35.5. The Morgan fingerprint density at radius 2 is 1.55 bits per heavy atom. The van der Waals surface area contributed by atoms with Crippen molar-refractivity contribution in [2.75, 3.05) is 11.4 Å². The van der Waals surface area contributed by atoms with Crippen LogP contribution >= 0.6 is 11.6 Å². The number of hydrogen-bond donors (Lipinski definition) is 0. The van der Waals surface area contributed by atoms with Gasteiger partial charge in [-0.15, -0.1) is 0 Å². The molecule has 1 fully saturated rings. The van der Waals surface area contributed by atoms with Crippen LogP contribution in [0.4, 0.5) is 5.69 Å². The van der Waals surface area contributed by atoms with Crippen LogP contribution in [0, 0.1) is 5.92 Å². The molecule has 0 spiro atoms. The van der Waals surface area contributed by atoms with Crippen LogP contribution in [0.15, 0.2) is 78.9 Å². The van der Waals surface area contributed by atoms with Crippen LogP contribution in [0.3, 0.4) is 0 Å². The van der Waals surface area contributed by atoms with Crippen LogP contribution in [-0.2, 0) is 15.0 Å². The molecule has 1 amide bonds.